The number of rotatable bonds is 2. The lowest BCUT2D eigenvalue weighted by atomic mass is 10.2. The highest BCUT2D eigenvalue weighted by atomic mass is 79.9. The van der Waals surface area contributed by atoms with Crippen molar-refractivity contribution in [1.82, 2.24) is 14.9 Å². The van der Waals surface area contributed by atoms with Gasteiger partial charge in [0.05, 0.1) is 18.8 Å². The molecule has 0 saturated heterocycles. The zero-order chi connectivity index (χ0) is 14.3. The van der Waals surface area contributed by atoms with Gasteiger partial charge in [0, 0.05) is 22.4 Å². The third-order valence-corrected chi connectivity index (χ3v) is 3.52. The molecule has 0 fully saturated rings. The topological polar surface area (TPSA) is 46.1 Å². The fraction of sp³-hybridized carbons (Fsp3) is 0.154. The molecular formula is C13H8BrF2N3O. The van der Waals surface area contributed by atoms with Crippen LogP contribution < -0.4 is 0 Å². The lowest BCUT2D eigenvalue weighted by Gasteiger charge is -2.16. The molecule has 1 amide bonds. The van der Waals surface area contributed by atoms with Crippen molar-refractivity contribution in [2.24, 2.45) is 0 Å². The number of carbonyl (C=O) groups excluding carboxylic acids is 1. The van der Waals surface area contributed by atoms with E-state index in [9.17, 15) is 13.6 Å². The molecule has 0 radical (unpaired) electrons. The molecule has 0 spiro atoms. The monoisotopic (exact) mass is 339 g/mol. The molecule has 2 aromatic rings. The molecule has 7 heteroatoms. The molecular weight excluding hydrogens is 332 g/mol. The van der Waals surface area contributed by atoms with Crippen LogP contribution in [-0.4, -0.2) is 20.8 Å². The van der Waals surface area contributed by atoms with Gasteiger partial charge in [0.15, 0.2) is 5.69 Å². The summed E-state index contributed by atoms with van der Waals surface area (Å²) in [6.45, 7) is 0.0543. The third kappa shape index (κ3) is 2.18. The second kappa shape index (κ2) is 4.90. The summed E-state index contributed by atoms with van der Waals surface area (Å²) in [5, 5.41) is 0. The minimum Gasteiger partial charge on any atom is -0.327 e. The van der Waals surface area contributed by atoms with Crippen molar-refractivity contribution in [3.05, 3.63) is 57.6 Å². The Hall–Kier alpha value is -1.89. The van der Waals surface area contributed by atoms with Gasteiger partial charge < -0.3 is 4.90 Å². The summed E-state index contributed by atoms with van der Waals surface area (Å²) in [7, 11) is 0. The zero-order valence-electron chi connectivity index (χ0n) is 10.1. The molecule has 102 valence electrons. The Balaban J connectivity index is 1.90. The summed E-state index contributed by atoms with van der Waals surface area (Å²) >= 11 is 3.01. The van der Waals surface area contributed by atoms with Crippen LogP contribution in [0, 0.1) is 11.6 Å². The third-order valence-electron chi connectivity index (χ3n) is 3.06. The van der Waals surface area contributed by atoms with Gasteiger partial charge in [0.25, 0.3) is 5.91 Å². The van der Waals surface area contributed by atoms with Gasteiger partial charge in [-0.1, -0.05) is 15.9 Å². The Kier molecular flexibility index (Phi) is 3.21. The molecule has 3 rings (SSSR count). The van der Waals surface area contributed by atoms with E-state index in [2.05, 4.69) is 25.9 Å². The van der Waals surface area contributed by atoms with Crippen LogP contribution in [0.1, 0.15) is 21.7 Å². The number of fused-ring (bicyclic) bond motifs is 1. The van der Waals surface area contributed by atoms with Crippen LogP contribution in [0.2, 0.25) is 0 Å². The maximum atomic E-state index is 13.8. The van der Waals surface area contributed by atoms with Crippen LogP contribution in [-0.2, 0) is 13.1 Å². The first-order valence-electron chi connectivity index (χ1n) is 5.79. The van der Waals surface area contributed by atoms with Gasteiger partial charge in [-0.05, 0) is 12.1 Å². The molecule has 2 heterocycles. The van der Waals surface area contributed by atoms with Gasteiger partial charge in [0.2, 0.25) is 0 Å². The quantitative estimate of drug-likeness (QED) is 0.845. The number of halogens is 3. The average Bonchev–Trinajstić information content (AvgIpc) is 2.71. The number of nitrogens with zero attached hydrogens (tertiary/aromatic N) is 3. The summed E-state index contributed by atoms with van der Waals surface area (Å²) in [6, 6.07) is 2.34. The van der Waals surface area contributed by atoms with E-state index < -0.39 is 11.6 Å². The van der Waals surface area contributed by atoms with Crippen LogP contribution in [0.15, 0.2) is 29.0 Å². The predicted octanol–water partition coefficient (Wildman–Crippen LogP) is 2.67. The number of carbonyl (C=O) groups is 1. The van der Waals surface area contributed by atoms with Crippen molar-refractivity contribution < 1.29 is 13.6 Å². The lowest BCUT2D eigenvalue weighted by molar-refractivity contribution is 0.0759. The van der Waals surface area contributed by atoms with Crippen molar-refractivity contribution in [2.45, 2.75) is 13.1 Å². The van der Waals surface area contributed by atoms with Gasteiger partial charge in [-0.15, -0.1) is 0 Å². The highest BCUT2D eigenvalue weighted by molar-refractivity contribution is 9.10. The van der Waals surface area contributed by atoms with E-state index in [1.54, 1.807) is 0 Å². The van der Waals surface area contributed by atoms with E-state index in [1.165, 1.54) is 29.4 Å². The summed E-state index contributed by atoms with van der Waals surface area (Å²) in [4.78, 5) is 21.4. The maximum absolute atomic E-state index is 13.8. The Bertz CT molecular complexity index is 685. The Morgan fingerprint density at radius 1 is 1.20 bits per heavy atom. The summed E-state index contributed by atoms with van der Waals surface area (Å²) < 4.78 is 27.9. The number of hydrogen-bond donors (Lipinski definition) is 0. The molecule has 0 atom stereocenters. The van der Waals surface area contributed by atoms with Crippen molar-refractivity contribution in [1.29, 1.82) is 0 Å². The summed E-state index contributed by atoms with van der Waals surface area (Å²) in [5.74, 6) is -1.75. The van der Waals surface area contributed by atoms with E-state index in [4.69, 9.17) is 0 Å². The Morgan fingerprint density at radius 3 is 2.50 bits per heavy atom. The number of aromatic nitrogens is 2. The molecule has 0 aliphatic carbocycles. The van der Waals surface area contributed by atoms with Crippen LogP contribution >= 0.6 is 15.9 Å². The first-order valence-corrected chi connectivity index (χ1v) is 6.58. The van der Waals surface area contributed by atoms with Gasteiger partial charge in [0.1, 0.15) is 11.6 Å². The highest BCUT2D eigenvalue weighted by Crippen LogP contribution is 2.25. The van der Waals surface area contributed by atoms with Gasteiger partial charge in [-0.3, -0.25) is 9.78 Å². The van der Waals surface area contributed by atoms with Gasteiger partial charge in [-0.25, -0.2) is 13.8 Å². The second-order valence-electron chi connectivity index (χ2n) is 4.36. The van der Waals surface area contributed by atoms with Crippen LogP contribution in [0.3, 0.4) is 0 Å². The number of amides is 1. The molecule has 1 aromatic heterocycles. The largest absolute Gasteiger partial charge is 0.327 e. The van der Waals surface area contributed by atoms with Crippen molar-refractivity contribution >= 4 is 21.8 Å². The molecule has 0 N–H and O–H groups in total. The van der Waals surface area contributed by atoms with E-state index in [-0.39, 0.29) is 30.3 Å². The maximum Gasteiger partial charge on any atom is 0.275 e. The fourth-order valence-electron chi connectivity index (χ4n) is 2.11. The minimum absolute atomic E-state index is 0.144. The highest BCUT2D eigenvalue weighted by Gasteiger charge is 2.30. The van der Waals surface area contributed by atoms with Gasteiger partial charge >= 0.3 is 0 Å². The molecule has 20 heavy (non-hydrogen) atoms. The standard InChI is InChI=1S/C13H8BrF2N3O/c14-7-3-9(15)8(10(16)4-7)5-19-6-11-12(13(19)20)18-2-1-17-11/h1-4H,5-6H2. The van der Waals surface area contributed by atoms with Crippen molar-refractivity contribution in [3.8, 4) is 0 Å². The van der Waals surface area contributed by atoms with Crippen LogP contribution in [0.4, 0.5) is 8.78 Å². The molecule has 1 aliphatic heterocycles. The van der Waals surface area contributed by atoms with E-state index in [1.807, 2.05) is 0 Å². The van der Waals surface area contributed by atoms with E-state index in [0.717, 1.165) is 0 Å². The molecule has 1 aromatic carbocycles. The first-order chi connectivity index (χ1) is 9.56. The van der Waals surface area contributed by atoms with Gasteiger partial charge in [-0.2, -0.15) is 0 Å². The Morgan fingerprint density at radius 2 is 1.85 bits per heavy atom. The Labute approximate surface area is 121 Å². The lowest BCUT2D eigenvalue weighted by Crippen LogP contribution is -2.24. The average molecular weight is 340 g/mol. The molecule has 4 nitrogen and oxygen atoms in total. The summed E-state index contributed by atoms with van der Waals surface area (Å²) in [6.07, 6.45) is 2.90. The smallest absolute Gasteiger partial charge is 0.275 e. The predicted molar refractivity (Wildman–Crippen MR) is 69.7 cm³/mol. The van der Waals surface area contributed by atoms with Crippen molar-refractivity contribution in [2.75, 3.05) is 0 Å². The summed E-state index contributed by atoms with van der Waals surface area (Å²) in [5.41, 5.74) is 0.621. The molecule has 0 unspecified atom stereocenters. The normalized spacial score (nSPS) is 13.8. The SMILES string of the molecule is O=C1c2nccnc2CN1Cc1c(F)cc(Br)cc1F. The molecule has 1 aliphatic rings. The second-order valence-corrected chi connectivity index (χ2v) is 5.28. The fourth-order valence-corrected chi connectivity index (χ4v) is 2.51. The van der Waals surface area contributed by atoms with Crippen molar-refractivity contribution in [3.63, 3.8) is 0 Å². The van der Waals surface area contributed by atoms with Crippen LogP contribution in [0.25, 0.3) is 0 Å². The van der Waals surface area contributed by atoms with E-state index in [0.29, 0.717) is 10.2 Å². The molecule has 0 bridgehead atoms. The zero-order valence-corrected chi connectivity index (χ0v) is 11.7. The van der Waals surface area contributed by atoms with Crippen LogP contribution in [0.5, 0.6) is 0 Å². The first kappa shape index (κ1) is 13.1. The number of hydrogen-bond acceptors (Lipinski definition) is 3. The minimum atomic E-state index is -0.693. The number of benzene rings is 1. The molecule has 0 saturated carbocycles. The van der Waals surface area contributed by atoms with E-state index >= 15 is 0 Å².